The van der Waals surface area contributed by atoms with E-state index in [1.165, 1.54) is 5.57 Å². The van der Waals surface area contributed by atoms with Gasteiger partial charge < -0.3 is 14.9 Å². The maximum atomic E-state index is 11.7. The van der Waals surface area contributed by atoms with Crippen molar-refractivity contribution in [3.63, 3.8) is 0 Å². The van der Waals surface area contributed by atoms with Crippen LogP contribution in [0.1, 0.15) is 72.1 Å². The number of epoxide rings is 1. The molecule has 0 aromatic heterocycles. The molecule has 1 spiro atoms. The Hall–Kier alpha value is -0.900. The summed E-state index contributed by atoms with van der Waals surface area (Å²) in [5.74, 6) is 7.69. The van der Waals surface area contributed by atoms with Crippen molar-refractivity contribution in [3.05, 3.63) is 11.6 Å². The van der Waals surface area contributed by atoms with Crippen molar-refractivity contribution in [2.24, 2.45) is 34.5 Å². The first-order valence-electron chi connectivity index (χ1n) is 12.7. The molecule has 5 aliphatic carbocycles. The molecule has 7 rings (SSSR count). The Labute approximate surface area is 190 Å². The molecule has 32 heavy (non-hydrogen) atoms. The van der Waals surface area contributed by atoms with Gasteiger partial charge >= 0.3 is 0 Å². The summed E-state index contributed by atoms with van der Waals surface area (Å²) in [6.45, 7) is 7.28. The summed E-state index contributed by atoms with van der Waals surface area (Å²) in [6.07, 6.45) is 10.5. The number of fused-ring (bicyclic) bond motifs is 5. The highest BCUT2D eigenvalue weighted by atomic mass is 17.2. The summed E-state index contributed by atoms with van der Waals surface area (Å²) in [5, 5.41) is 21.0. The third kappa shape index (κ3) is 2.25. The van der Waals surface area contributed by atoms with E-state index in [1.807, 2.05) is 0 Å². The van der Waals surface area contributed by atoms with E-state index in [2.05, 4.69) is 38.7 Å². The SMILES string of the molecule is CC1(C)COOC2(CC[C@]34O[C@]3(CC[C@@H]3C4=CC[C@@]4(C)[C@H]3[C@@H]3C[C@@H]3[C@@]4(O)C#CCO)C2)C1. The first kappa shape index (κ1) is 20.5. The van der Waals surface area contributed by atoms with Crippen LogP contribution in [0.4, 0.5) is 0 Å². The summed E-state index contributed by atoms with van der Waals surface area (Å²) in [5.41, 5.74) is 0.0387. The number of ether oxygens (including phenoxy) is 1. The van der Waals surface area contributed by atoms with E-state index in [9.17, 15) is 10.2 Å². The Bertz CT molecular complexity index is 976. The van der Waals surface area contributed by atoms with Crippen LogP contribution in [0.3, 0.4) is 0 Å². The number of allylic oxidation sites excluding steroid dienone is 1. The third-order valence-corrected chi connectivity index (χ3v) is 10.8. The second kappa shape index (κ2) is 5.83. The lowest BCUT2D eigenvalue weighted by atomic mass is 9.50. The van der Waals surface area contributed by atoms with Crippen molar-refractivity contribution < 1.29 is 24.7 Å². The predicted octanol–water partition coefficient (Wildman–Crippen LogP) is 3.53. The average molecular weight is 441 g/mol. The Morgan fingerprint density at radius 3 is 2.78 bits per heavy atom. The fraction of sp³-hybridized carbons (Fsp3) is 0.852. The molecule has 0 bridgehead atoms. The van der Waals surface area contributed by atoms with Gasteiger partial charge in [-0.3, -0.25) is 0 Å². The van der Waals surface area contributed by atoms with Crippen LogP contribution in [0.25, 0.3) is 0 Å². The number of hydrogen-bond donors (Lipinski definition) is 2. The van der Waals surface area contributed by atoms with Crippen molar-refractivity contribution in [2.75, 3.05) is 13.2 Å². The first-order chi connectivity index (χ1) is 15.1. The van der Waals surface area contributed by atoms with Gasteiger partial charge in [0.25, 0.3) is 0 Å². The van der Waals surface area contributed by atoms with Gasteiger partial charge in [0.2, 0.25) is 0 Å². The predicted molar refractivity (Wildman–Crippen MR) is 117 cm³/mol. The zero-order valence-electron chi connectivity index (χ0n) is 19.6. The minimum Gasteiger partial charge on any atom is -0.384 e. The van der Waals surface area contributed by atoms with Gasteiger partial charge in [-0.15, -0.1) is 0 Å². The average Bonchev–Trinajstić information content (AvgIpc) is 3.62. The van der Waals surface area contributed by atoms with Crippen molar-refractivity contribution in [1.82, 2.24) is 0 Å². The zero-order valence-corrected chi connectivity index (χ0v) is 19.6. The van der Waals surface area contributed by atoms with Crippen LogP contribution in [-0.2, 0) is 14.5 Å². The van der Waals surface area contributed by atoms with E-state index >= 15 is 0 Å². The smallest absolute Gasteiger partial charge is 0.134 e. The van der Waals surface area contributed by atoms with E-state index in [-0.39, 0.29) is 40.2 Å². The Morgan fingerprint density at radius 1 is 1.16 bits per heavy atom. The van der Waals surface area contributed by atoms with Gasteiger partial charge in [0, 0.05) is 17.8 Å². The van der Waals surface area contributed by atoms with Crippen LogP contribution in [0.2, 0.25) is 0 Å². The molecule has 4 saturated carbocycles. The van der Waals surface area contributed by atoms with Gasteiger partial charge in [0.1, 0.15) is 29.0 Å². The lowest BCUT2D eigenvalue weighted by Gasteiger charge is -2.54. The Balaban J connectivity index is 1.22. The van der Waals surface area contributed by atoms with Crippen molar-refractivity contribution >= 4 is 0 Å². The molecular formula is C27H36O5. The Kier molecular flexibility index (Phi) is 3.73. The monoisotopic (exact) mass is 440 g/mol. The van der Waals surface area contributed by atoms with E-state index in [4.69, 9.17) is 14.5 Å². The van der Waals surface area contributed by atoms with Crippen LogP contribution < -0.4 is 0 Å². The number of aliphatic hydroxyl groups excluding tert-OH is 1. The molecule has 6 fully saturated rings. The Morgan fingerprint density at radius 2 is 2.00 bits per heavy atom. The van der Waals surface area contributed by atoms with E-state index in [1.54, 1.807) is 0 Å². The highest BCUT2D eigenvalue weighted by Gasteiger charge is 2.82. The molecule has 0 radical (unpaired) electrons. The summed E-state index contributed by atoms with van der Waals surface area (Å²) in [6, 6.07) is 0. The summed E-state index contributed by atoms with van der Waals surface area (Å²) in [4.78, 5) is 11.7. The van der Waals surface area contributed by atoms with Crippen molar-refractivity contribution in [2.45, 2.75) is 94.5 Å². The standard InChI is InChI=1S/C27H36O5/c1-22(2)14-24(32-30-16-22)10-11-27-19-6-8-23(3)21(17(19)5-9-25(27,15-24)31-27)18-13-20(18)26(23,29)7-4-12-28/h6,17-18,20-21,28-29H,5,8-16H2,1-3H3/t17-,18-,20+,21-,23+,24?,25-,26+,27-/m1/s1. The van der Waals surface area contributed by atoms with Crippen molar-refractivity contribution in [3.8, 4) is 11.8 Å². The number of rotatable bonds is 0. The molecule has 5 heteroatoms. The van der Waals surface area contributed by atoms with Gasteiger partial charge in [-0.05, 0) is 73.7 Å². The van der Waals surface area contributed by atoms with Gasteiger partial charge in [0.05, 0.1) is 6.61 Å². The highest BCUT2D eigenvalue weighted by molar-refractivity contribution is 5.46. The second-order valence-electron chi connectivity index (χ2n) is 13.2. The van der Waals surface area contributed by atoms with Crippen LogP contribution in [0, 0.1) is 46.3 Å². The molecule has 0 amide bonds. The molecule has 7 aliphatic rings. The molecule has 1 unspecified atom stereocenters. The molecule has 174 valence electrons. The minimum atomic E-state index is -0.973. The van der Waals surface area contributed by atoms with Crippen LogP contribution in [0.5, 0.6) is 0 Å². The van der Waals surface area contributed by atoms with Gasteiger partial charge in [0.15, 0.2) is 0 Å². The lowest BCUT2D eigenvalue weighted by Crippen LogP contribution is -2.56. The third-order valence-electron chi connectivity index (χ3n) is 10.8. The van der Waals surface area contributed by atoms with Gasteiger partial charge in [-0.25, -0.2) is 9.78 Å². The maximum absolute atomic E-state index is 11.7. The summed E-state index contributed by atoms with van der Waals surface area (Å²) >= 11 is 0. The molecule has 0 aromatic rings. The van der Waals surface area contributed by atoms with Crippen LogP contribution in [-0.4, -0.2) is 45.8 Å². The fourth-order valence-electron chi connectivity index (χ4n) is 9.62. The van der Waals surface area contributed by atoms with E-state index < -0.39 is 5.60 Å². The quantitative estimate of drug-likeness (QED) is 0.261. The normalized spacial score (nSPS) is 58.2. The topological polar surface area (TPSA) is 71.5 Å². The summed E-state index contributed by atoms with van der Waals surface area (Å²) in [7, 11) is 0. The minimum absolute atomic E-state index is 0.0906. The fourth-order valence-corrected chi connectivity index (χ4v) is 9.62. The van der Waals surface area contributed by atoms with Gasteiger partial charge in [-0.2, -0.15) is 0 Å². The molecule has 9 atom stereocenters. The largest absolute Gasteiger partial charge is 0.384 e. The zero-order chi connectivity index (χ0) is 22.2. The maximum Gasteiger partial charge on any atom is 0.134 e. The lowest BCUT2D eigenvalue weighted by molar-refractivity contribution is -0.411. The molecule has 2 heterocycles. The first-order valence-corrected chi connectivity index (χ1v) is 12.7. The number of hydrogen-bond acceptors (Lipinski definition) is 5. The van der Waals surface area contributed by atoms with E-state index in [0.29, 0.717) is 24.4 Å². The molecular weight excluding hydrogens is 404 g/mol. The van der Waals surface area contributed by atoms with Crippen LogP contribution >= 0.6 is 0 Å². The molecule has 5 nitrogen and oxygen atoms in total. The van der Waals surface area contributed by atoms with Crippen LogP contribution in [0.15, 0.2) is 11.6 Å². The van der Waals surface area contributed by atoms with E-state index in [0.717, 1.165) is 51.4 Å². The van der Waals surface area contributed by atoms with Gasteiger partial charge in [-0.1, -0.05) is 38.7 Å². The number of aliphatic hydroxyl groups is 2. The summed E-state index contributed by atoms with van der Waals surface area (Å²) < 4.78 is 6.80. The van der Waals surface area contributed by atoms with Crippen molar-refractivity contribution in [1.29, 1.82) is 0 Å². The molecule has 2 N–H and O–H groups in total. The molecule has 2 saturated heterocycles. The highest BCUT2D eigenvalue weighted by Crippen LogP contribution is 2.79. The molecule has 2 aliphatic heterocycles. The second-order valence-corrected chi connectivity index (χ2v) is 13.2. The molecule has 0 aromatic carbocycles.